The highest BCUT2D eigenvalue weighted by atomic mass is 35.5. The van der Waals surface area contributed by atoms with E-state index < -0.39 is 0 Å². The molecule has 0 bridgehead atoms. The molecule has 0 aromatic carbocycles. The summed E-state index contributed by atoms with van der Waals surface area (Å²) < 4.78 is 5.32. The Labute approximate surface area is 89.3 Å². The van der Waals surface area contributed by atoms with E-state index in [0.717, 1.165) is 24.3 Å². The molecule has 0 spiro atoms. The number of aromatic nitrogens is 1. The zero-order valence-electron chi connectivity index (χ0n) is 8.29. The third kappa shape index (κ3) is 1.71. The molecule has 14 heavy (non-hydrogen) atoms. The lowest BCUT2D eigenvalue weighted by Gasteiger charge is -2.12. The average molecular weight is 212 g/mol. The molecule has 2 rings (SSSR count). The highest BCUT2D eigenvalue weighted by molar-refractivity contribution is 6.20. The molecule has 1 aliphatic rings. The Balaban J connectivity index is 2.46. The van der Waals surface area contributed by atoms with Gasteiger partial charge in [-0.2, -0.15) is 0 Å². The molecule has 1 atom stereocenters. The Morgan fingerprint density at radius 1 is 1.50 bits per heavy atom. The summed E-state index contributed by atoms with van der Waals surface area (Å²) in [6.45, 7) is 0. The molecule has 1 aliphatic carbocycles. The Morgan fingerprint density at radius 3 is 3.14 bits per heavy atom. The van der Waals surface area contributed by atoms with Crippen molar-refractivity contribution in [2.24, 2.45) is 0 Å². The van der Waals surface area contributed by atoms with Crippen molar-refractivity contribution in [1.82, 2.24) is 4.98 Å². The molecule has 1 unspecified atom stereocenters. The first-order chi connectivity index (χ1) is 6.83. The maximum absolute atomic E-state index is 6.26. The van der Waals surface area contributed by atoms with E-state index in [9.17, 15) is 0 Å². The van der Waals surface area contributed by atoms with Gasteiger partial charge in [-0.15, -0.1) is 11.6 Å². The maximum atomic E-state index is 6.26. The van der Waals surface area contributed by atoms with E-state index in [1.54, 1.807) is 13.3 Å². The van der Waals surface area contributed by atoms with E-state index in [2.05, 4.69) is 4.98 Å². The largest absolute Gasteiger partial charge is 0.496 e. The van der Waals surface area contributed by atoms with Gasteiger partial charge in [-0.05, 0) is 25.3 Å². The Morgan fingerprint density at radius 2 is 2.36 bits per heavy atom. The fraction of sp³-hybridized carbons (Fsp3) is 0.545. The minimum Gasteiger partial charge on any atom is -0.496 e. The van der Waals surface area contributed by atoms with Crippen molar-refractivity contribution >= 4 is 11.6 Å². The number of methoxy groups -OCH3 is 1. The summed E-state index contributed by atoms with van der Waals surface area (Å²) in [7, 11) is 1.70. The zero-order chi connectivity index (χ0) is 9.97. The fourth-order valence-electron chi connectivity index (χ4n) is 1.96. The SMILES string of the molecule is COc1ccnc2c1CCCCC2Cl. The summed E-state index contributed by atoms with van der Waals surface area (Å²) in [5.74, 6) is 0.933. The summed E-state index contributed by atoms with van der Waals surface area (Å²) in [6, 6.07) is 1.91. The first-order valence-corrected chi connectivity index (χ1v) is 5.42. The van der Waals surface area contributed by atoms with Crippen LogP contribution in [0.3, 0.4) is 0 Å². The monoisotopic (exact) mass is 211 g/mol. The predicted molar refractivity (Wildman–Crippen MR) is 56.9 cm³/mol. The highest BCUT2D eigenvalue weighted by Crippen LogP contribution is 2.35. The van der Waals surface area contributed by atoms with Crippen molar-refractivity contribution in [3.8, 4) is 5.75 Å². The number of halogens is 1. The van der Waals surface area contributed by atoms with Crippen molar-refractivity contribution in [1.29, 1.82) is 0 Å². The van der Waals surface area contributed by atoms with Gasteiger partial charge in [-0.3, -0.25) is 4.98 Å². The van der Waals surface area contributed by atoms with Crippen LogP contribution in [-0.2, 0) is 6.42 Å². The number of hydrogen-bond donors (Lipinski definition) is 0. The average Bonchev–Trinajstić information content (AvgIpc) is 2.41. The quantitative estimate of drug-likeness (QED) is 0.526. The number of pyridine rings is 1. The summed E-state index contributed by atoms with van der Waals surface area (Å²) >= 11 is 6.26. The van der Waals surface area contributed by atoms with E-state index in [-0.39, 0.29) is 5.38 Å². The van der Waals surface area contributed by atoms with Crippen molar-refractivity contribution in [3.63, 3.8) is 0 Å². The lowest BCUT2D eigenvalue weighted by atomic mass is 10.1. The lowest BCUT2D eigenvalue weighted by molar-refractivity contribution is 0.408. The molecule has 1 aromatic rings. The van der Waals surface area contributed by atoms with Crippen molar-refractivity contribution in [2.45, 2.75) is 31.1 Å². The first-order valence-electron chi connectivity index (χ1n) is 4.98. The van der Waals surface area contributed by atoms with Crippen LogP contribution in [0.25, 0.3) is 0 Å². The molecule has 0 N–H and O–H groups in total. The van der Waals surface area contributed by atoms with E-state index in [4.69, 9.17) is 16.3 Å². The third-order valence-electron chi connectivity index (χ3n) is 2.70. The Hall–Kier alpha value is -0.760. The van der Waals surface area contributed by atoms with Gasteiger partial charge < -0.3 is 4.74 Å². The van der Waals surface area contributed by atoms with Gasteiger partial charge in [0.2, 0.25) is 0 Å². The van der Waals surface area contributed by atoms with Crippen LogP contribution >= 0.6 is 11.6 Å². The zero-order valence-corrected chi connectivity index (χ0v) is 9.05. The van der Waals surface area contributed by atoms with Gasteiger partial charge in [0.05, 0.1) is 18.2 Å². The predicted octanol–water partition coefficient (Wildman–Crippen LogP) is 3.10. The van der Waals surface area contributed by atoms with E-state index >= 15 is 0 Å². The summed E-state index contributed by atoms with van der Waals surface area (Å²) in [6.07, 6.45) is 6.19. The lowest BCUT2D eigenvalue weighted by Crippen LogP contribution is -2.00. The van der Waals surface area contributed by atoms with Crippen LogP contribution in [0, 0.1) is 0 Å². The van der Waals surface area contributed by atoms with Crippen LogP contribution < -0.4 is 4.74 Å². The molecule has 3 heteroatoms. The molecule has 1 aromatic heterocycles. The molecular weight excluding hydrogens is 198 g/mol. The highest BCUT2D eigenvalue weighted by Gasteiger charge is 2.20. The normalized spacial score (nSPS) is 21.1. The minimum atomic E-state index is 0.0580. The smallest absolute Gasteiger partial charge is 0.125 e. The summed E-state index contributed by atoms with van der Waals surface area (Å²) in [4.78, 5) is 4.36. The third-order valence-corrected chi connectivity index (χ3v) is 3.12. The van der Waals surface area contributed by atoms with Crippen LogP contribution in [0.2, 0.25) is 0 Å². The van der Waals surface area contributed by atoms with Crippen molar-refractivity contribution < 1.29 is 4.74 Å². The number of alkyl halides is 1. The number of hydrogen-bond acceptors (Lipinski definition) is 2. The molecule has 1 heterocycles. The molecule has 0 aliphatic heterocycles. The second kappa shape index (κ2) is 4.18. The Bertz CT molecular complexity index is 327. The fourth-order valence-corrected chi connectivity index (χ4v) is 2.31. The number of rotatable bonds is 1. The second-order valence-electron chi connectivity index (χ2n) is 3.59. The van der Waals surface area contributed by atoms with Crippen LogP contribution in [0.1, 0.15) is 35.9 Å². The summed E-state index contributed by atoms with van der Waals surface area (Å²) in [5.41, 5.74) is 2.22. The van der Waals surface area contributed by atoms with Crippen molar-refractivity contribution in [3.05, 3.63) is 23.5 Å². The van der Waals surface area contributed by atoms with Crippen molar-refractivity contribution in [2.75, 3.05) is 7.11 Å². The number of fused-ring (bicyclic) bond motifs is 1. The van der Waals surface area contributed by atoms with Gasteiger partial charge >= 0.3 is 0 Å². The standard InChI is InChI=1S/C11H14ClNO/c1-14-10-6-7-13-11-8(10)4-2-3-5-9(11)12/h6-7,9H,2-5H2,1H3. The number of nitrogens with zero attached hydrogens (tertiary/aromatic N) is 1. The van der Waals surface area contributed by atoms with Crippen LogP contribution in [0.15, 0.2) is 12.3 Å². The minimum absolute atomic E-state index is 0.0580. The van der Waals surface area contributed by atoms with Gasteiger partial charge in [-0.25, -0.2) is 0 Å². The van der Waals surface area contributed by atoms with E-state index in [1.165, 1.54) is 18.4 Å². The van der Waals surface area contributed by atoms with E-state index in [0.29, 0.717) is 0 Å². The van der Waals surface area contributed by atoms with Gasteiger partial charge in [0.1, 0.15) is 5.75 Å². The molecule has 0 fully saturated rings. The maximum Gasteiger partial charge on any atom is 0.125 e. The van der Waals surface area contributed by atoms with Gasteiger partial charge in [0, 0.05) is 11.8 Å². The number of ether oxygens (including phenoxy) is 1. The Kier molecular flexibility index (Phi) is 2.92. The molecule has 0 saturated carbocycles. The molecular formula is C11H14ClNO. The van der Waals surface area contributed by atoms with Gasteiger partial charge in [0.15, 0.2) is 0 Å². The molecule has 76 valence electrons. The molecule has 0 radical (unpaired) electrons. The molecule has 2 nitrogen and oxygen atoms in total. The first kappa shape index (κ1) is 9.78. The topological polar surface area (TPSA) is 22.1 Å². The van der Waals surface area contributed by atoms with Crippen LogP contribution in [0.5, 0.6) is 5.75 Å². The molecule has 0 amide bonds. The van der Waals surface area contributed by atoms with Gasteiger partial charge in [0.25, 0.3) is 0 Å². The molecule has 0 saturated heterocycles. The summed E-state index contributed by atoms with van der Waals surface area (Å²) in [5, 5.41) is 0.0580. The van der Waals surface area contributed by atoms with Crippen LogP contribution in [-0.4, -0.2) is 12.1 Å². The van der Waals surface area contributed by atoms with Gasteiger partial charge in [-0.1, -0.05) is 6.42 Å². The van der Waals surface area contributed by atoms with Crippen LogP contribution in [0.4, 0.5) is 0 Å². The second-order valence-corrected chi connectivity index (χ2v) is 4.12. The van der Waals surface area contributed by atoms with E-state index in [1.807, 2.05) is 6.07 Å².